The third kappa shape index (κ3) is 7.08. The molecule has 0 saturated carbocycles. The maximum atomic E-state index is 9.02. The van der Waals surface area contributed by atoms with Gasteiger partial charge in [-0.05, 0) is 97.9 Å². The molecule has 0 amide bonds. The molecule has 0 aliphatic carbocycles. The molecule has 0 unspecified atom stereocenters. The molecule has 0 atom stereocenters. The van der Waals surface area contributed by atoms with Crippen molar-refractivity contribution in [3.63, 3.8) is 0 Å². The highest BCUT2D eigenvalue weighted by molar-refractivity contribution is 7.18. The number of nitrogens with zero attached hydrogens (tertiary/aromatic N) is 3. The van der Waals surface area contributed by atoms with Crippen LogP contribution in [0.2, 0.25) is 0 Å². The lowest BCUT2D eigenvalue weighted by molar-refractivity contribution is 0.600. The van der Waals surface area contributed by atoms with Crippen molar-refractivity contribution in [1.29, 1.82) is 0 Å². The van der Waals surface area contributed by atoms with Crippen molar-refractivity contribution >= 4 is 113 Å². The quantitative estimate of drug-likeness (QED) is 0.0936. The summed E-state index contributed by atoms with van der Waals surface area (Å²) in [5.74, 6) is 0. The molecule has 0 saturated heterocycles. The molecule has 15 rings (SSSR count). The van der Waals surface area contributed by atoms with Crippen molar-refractivity contribution in [2.75, 3.05) is 0 Å². The smallest absolute Gasteiger partial charge is 0.278 e. The third-order valence-corrected chi connectivity index (χ3v) is 25.4. The summed E-state index contributed by atoms with van der Waals surface area (Å²) in [5, 5.41) is 14.3. The van der Waals surface area contributed by atoms with E-state index in [1.54, 1.807) is 0 Å². The minimum atomic E-state index is -3.73. The van der Waals surface area contributed by atoms with E-state index in [4.69, 9.17) is 4.12 Å². The highest BCUT2D eigenvalue weighted by atomic mass is 28.4. The molecule has 3 heterocycles. The van der Waals surface area contributed by atoms with E-state index in [0.717, 1.165) is 44.3 Å². The Hall–Kier alpha value is -9.57. The van der Waals surface area contributed by atoms with Gasteiger partial charge < -0.3 is 17.8 Å². The van der Waals surface area contributed by atoms with E-state index in [9.17, 15) is 0 Å². The fourth-order valence-electron chi connectivity index (χ4n) is 12.8. The Morgan fingerprint density at radius 3 is 0.782 bits per heavy atom. The van der Waals surface area contributed by atoms with E-state index < -0.39 is 16.6 Å². The Kier molecular flexibility index (Phi) is 10.9. The van der Waals surface area contributed by atoms with E-state index in [-0.39, 0.29) is 0 Å². The van der Waals surface area contributed by atoms with E-state index in [0.29, 0.717) is 0 Å². The van der Waals surface area contributed by atoms with E-state index >= 15 is 0 Å². The van der Waals surface area contributed by atoms with Crippen LogP contribution in [0.1, 0.15) is 0 Å². The van der Waals surface area contributed by atoms with Crippen LogP contribution in [-0.2, 0) is 4.12 Å². The number of hydrogen-bond acceptors (Lipinski definition) is 1. The van der Waals surface area contributed by atoms with Crippen molar-refractivity contribution in [1.82, 2.24) is 13.7 Å². The number of rotatable bonds is 11. The van der Waals surface area contributed by atoms with Crippen molar-refractivity contribution in [3.8, 4) is 17.1 Å². The van der Waals surface area contributed by atoms with E-state index in [2.05, 4.69) is 323 Å². The third-order valence-electron chi connectivity index (χ3n) is 16.1. The molecule has 0 fully saturated rings. The van der Waals surface area contributed by atoms with Gasteiger partial charge >= 0.3 is 0 Å². The molecule has 6 heteroatoms. The van der Waals surface area contributed by atoms with Gasteiger partial charge in [-0.15, -0.1) is 0 Å². The maximum Gasteiger partial charge on any atom is 0.278 e. The van der Waals surface area contributed by atoms with Crippen LogP contribution in [0.4, 0.5) is 0 Å². The molecule has 0 N–H and O–H groups in total. The Morgan fingerprint density at radius 1 is 0.192 bits per heavy atom. The summed E-state index contributed by atoms with van der Waals surface area (Å²) in [5.41, 5.74) is 10.2. The van der Waals surface area contributed by atoms with Crippen molar-refractivity contribution in [2.45, 2.75) is 0 Å². The normalized spacial score (nSPS) is 12.2. The second kappa shape index (κ2) is 18.6. The van der Waals surface area contributed by atoms with Gasteiger partial charge in [-0.25, -0.2) is 0 Å². The van der Waals surface area contributed by atoms with Gasteiger partial charge in [0.15, 0.2) is 0 Å². The molecule has 3 aromatic heterocycles. The highest BCUT2D eigenvalue weighted by Crippen LogP contribution is 2.39. The average molecular weight is 1030 g/mol. The largest absolute Gasteiger partial charge is 0.435 e. The predicted octanol–water partition coefficient (Wildman–Crippen LogP) is 13.6. The molecular weight excluding hydrogens is 979 g/mol. The summed E-state index contributed by atoms with van der Waals surface area (Å²) >= 11 is 0. The molecule has 368 valence electrons. The SMILES string of the molecule is c1ccc([Si](O[Si](c2ccccc2)(c2ccccc2)c2cc(-n3c4ccccc4c4ccccc43)cc(-n3c4ccccc4c4cc(-n5c6ccccc6c6ccccc65)ccc43)c2)(c2ccccc2)c2ccccc2)cc1. The lowest BCUT2D eigenvalue weighted by atomic mass is 10.1. The molecule has 0 bridgehead atoms. The number of fused-ring (bicyclic) bond motifs is 9. The van der Waals surface area contributed by atoms with Gasteiger partial charge in [0.1, 0.15) is 0 Å². The summed E-state index contributed by atoms with van der Waals surface area (Å²) in [6, 6.07) is 114. The van der Waals surface area contributed by atoms with Gasteiger partial charge in [-0.3, -0.25) is 0 Å². The van der Waals surface area contributed by atoms with Crippen LogP contribution in [0.5, 0.6) is 0 Å². The van der Waals surface area contributed by atoms with Crippen LogP contribution in [0, 0.1) is 0 Å². The molecular formula is C72H51N3OSi2. The first-order valence-corrected chi connectivity index (χ1v) is 30.6. The Labute approximate surface area is 454 Å². The summed E-state index contributed by atoms with van der Waals surface area (Å²) < 4.78 is 16.4. The number of hydrogen-bond donors (Lipinski definition) is 0. The first-order valence-electron chi connectivity index (χ1n) is 26.8. The van der Waals surface area contributed by atoms with Crippen LogP contribution in [0.3, 0.4) is 0 Å². The lowest BCUT2D eigenvalue weighted by Crippen LogP contribution is -2.81. The first-order chi connectivity index (χ1) is 38.7. The second-order valence-electron chi connectivity index (χ2n) is 20.3. The standard InChI is InChI=1S/C72H51N3OSi2/c1-6-26-55(27-7-1)77(56-28-8-2-9-29-56,57-30-10-3-11-31-57)76-78(58-32-12-4-13-33-58,59-34-14-5-15-35-59)60-49-53(74-69-43-23-18-38-63(69)64-39-19-24-44-70(64)74)48-54(50-60)75-71-45-25-20-40-65(71)66-51-52(46-47-72(66)75)73-67-41-21-16-36-61(67)62-37-17-22-42-68(62)73/h1-51H. The fourth-order valence-corrected chi connectivity index (χ4v) is 23.5. The summed E-state index contributed by atoms with van der Waals surface area (Å²) in [6.07, 6.45) is 0. The first kappa shape index (κ1) is 45.8. The summed E-state index contributed by atoms with van der Waals surface area (Å²) in [7, 11) is -7.21. The zero-order valence-electron chi connectivity index (χ0n) is 42.7. The average Bonchev–Trinajstić information content (AvgIpc) is 4.24. The van der Waals surface area contributed by atoms with Crippen LogP contribution >= 0.6 is 0 Å². The van der Waals surface area contributed by atoms with Crippen LogP contribution in [0.15, 0.2) is 309 Å². The molecule has 0 radical (unpaired) electrons. The van der Waals surface area contributed by atoms with Crippen molar-refractivity contribution in [3.05, 3.63) is 309 Å². The van der Waals surface area contributed by atoms with E-state index in [1.165, 1.54) is 69.3 Å². The van der Waals surface area contributed by atoms with Gasteiger partial charge in [0.2, 0.25) is 0 Å². The highest BCUT2D eigenvalue weighted by Gasteiger charge is 2.53. The predicted molar refractivity (Wildman–Crippen MR) is 332 cm³/mol. The molecule has 15 aromatic rings. The zero-order valence-corrected chi connectivity index (χ0v) is 44.7. The van der Waals surface area contributed by atoms with Gasteiger partial charge in [0, 0.05) is 49.4 Å². The van der Waals surface area contributed by atoms with Crippen molar-refractivity contribution < 1.29 is 4.12 Å². The topological polar surface area (TPSA) is 24.0 Å². The molecule has 0 aliphatic heterocycles. The van der Waals surface area contributed by atoms with Crippen LogP contribution in [0.25, 0.3) is 82.5 Å². The summed E-state index contributed by atoms with van der Waals surface area (Å²) in [6.45, 7) is 0. The maximum absolute atomic E-state index is 9.02. The molecule has 4 nitrogen and oxygen atoms in total. The minimum Gasteiger partial charge on any atom is -0.435 e. The molecule has 0 spiro atoms. The van der Waals surface area contributed by atoms with E-state index in [1.807, 2.05) is 0 Å². The van der Waals surface area contributed by atoms with Crippen molar-refractivity contribution in [2.24, 2.45) is 0 Å². The minimum absolute atomic E-state index is 1.05. The second-order valence-corrected chi connectivity index (χ2v) is 27.3. The number of aromatic nitrogens is 3. The Morgan fingerprint density at radius 2 is 0.449 bits per heavy atom. The van der Waals surface area contributed by atoms with Gasteiger partial charge in [-0.1, -0.05) is 243 Å². The van der Waals surface area contributed by atoms with Crippen LogP contribution in [-0.4, -0.2) is 30.3 Å². The Bertz CT molecular complexity index is 4460. The molecule has 0 aliphatic rings. The monoisotopic (exact) mass is 1030 g/mol. The number of benzene rings is 12. The molecule has 12 aromatic carbocycles. The van der Waals surface area contributed by atoms with Gasteiger partial charge in [-0.2, -0.15) is 0 Å². The molecule has 78 heavy (non-hydrogen) atoms. The number of para-hydroxylation sites is 5. The fraction of sp³-hybridized carbons (Fsp3) is 0. The summed E-state index contributed by atoms with van der Waals surface area (Å²) in [4.78, 5) is 0. The Balaban J connectivity index is 1.08. The lowest BCUT2D eigenvalue weighted by Gasteiger charge is -2.44. The van der Waals surface area contributed by atoms with Gasteiger partial charge in [0.25, 0.3) is 16.6 Å². The zero-order chi connectivity index (χ0) is 51.6. The van der Waals surface area contributed by atoms with Crippen LogP contribution < -0.4 is 31.1 Å². The van der Waals surface area contributed by atoms with Gasteiger partial charge in [0.05, 0.1) is 33.1 Å².